The topological polar surface area (TPSA) is 74.2 Å². The second-order valence-electron chi connectivity index (χ2n) is 4.84. The molecule has 5 nitrogen and oxygen atoms in total. The van der Waals surface area contributed by atoms with Crippen LogP contribution in [-0.4, -0.2) is 29.1 Å². The molecule has 1 heterocycles. The molecule has 0 spiro atoms. The summed E-state index contributed by atoms with van der Waals surface area (Å²) in [7, 11) is 0. The standard InChI is InChI=1S/C16H18ClN3O2/c1-11(12-5-6-18-15(17)10-12)20-14-4-2-3-13(9-14)16(22)19-7-8-21/h2-6,9-11,20-21H,7-8H2,1H3,(H,19,22). The van der Waals surface area contributed by atoms with Crippen molar-refractivity contribution in [2.75, 3.05) is 18.5 Å². The summed E-state index contributed by atoms with van der Waals surface area (Å²) in [6.45, 7) is 2.16. The summed E-state index contributed by atoms with van der Waals surface area (Å²) in [4.78, 5) is 15.8. The van der Waals surface area contributed by atoms with Gasteiger partial charge in [0, 0.05) is 30.0 Å². The molecule has 0 radical (unpaired) electrons. The fraction of sp³-hybridized carbons (Fsp3) is 0.250. The highest BCUT2D eigenvalue weighted by Crippen LogP contribution is 2.21. The average molecular weight is 320 g/mol. The summed E-state index contributed by atoms with van der Waals surface area (Å²) < 4.78 is 0. The molecule has 0 bridgehead atoms. The molecule has 1 aromatic carbocycles. The first kappa shape index (κ1) is 16.3. The lowest BCUT2D eigenvalue weighted by molar-refractivity contribution is 0.0945. The zero-order chi connectivity index (χ0) is 15.9. The van der Waals surface area contributed by atoms with E-state index in [1.807, 2.05) is 25.1 Å². The summed E-state index contributed by atoms with van der Waals surface area (Å²) in [5.41, 5.74) is 2.38. The first-order chi connectivity index (χ1) is 10.6. The zero-order valence-electron chi connectivity index (χ0n) is 12.2. The minimum atomic E-state index is -0.211. The summed E-state index contributed by atoms with van der Waals surface area (Å²) in [6.07, 6.45) is 1.66. The number of carbonyl (C=O) groups is 1. The molecular formula is C16H18ClN3O2. The van der Waals surface area contributed by atoms with Gasteiger partial charge in [0.15, 0.2) is 0 Å². The maximum absolute atomic E-state index is 11.9. The number of hydrogen-bond acceptors (Lipinski definition) is 4. The van der Waals surface area contributed by atoms with Crippen LogP contribution in [-0.2, 0) is 0 Å². The van der Waals surface area contributed by atoms with Crippen molar-refractivity contribution < 1.29 is 9.90 Å². The molecule has 2 rings (SSSR count). The molecule has 0 aliphatic heterocycles. The Labute approximate surface area is 134 Å². The van der Waals surface area contributed by atoms with Gasteiger partial charge in [-0.15, -0.1) is 0 Å². The number of pyridine rings is 1. The molecule has 1 aromatic heterocycles. The third kappa shape index (κ3) is 4.44. The fourth-order valence-electron chi connectivity index (χ4n) is 2.04. The summed E-state index contributed by atoms with van der Waals surface area (Å²) in [6, 6.07) is 10.9. The van der Waals surface area contributed by atoms with Crippen LogP contribution in [0.15, 0.2) is 42.6 Å². The fourth-order valence-corrected chi connectivity index (χ4v) is 2.22. The highest BCUT2D eigenvalue weighted by atomic mass is 35.5. The molecule has 3 N–H and O–H groups in total. The zero-order valence-corrected chi connectivity index (χ0v) is 13.0. The third-order valence-corrected chi connectivity index (χ3v) is 3.36. The number of nitrogens with zero attached hydrogens (tertiary/aromatic N) is 1. The molecule has 6 heteroatoms. The number of halogens is 1. The van der Waals surface area contributed by atoms with Crippen LogP contribution in [0.4, 0.5) is 5.69 Å². The Kier molecular flexibility index (Phi) is 5.75. The normalized spacial score (nSPS) is 11.8. The van der Waals surface area contributed by atoms with E-state index >= 15 is 0 Å². The van der Waals surface area contributed by atoms with Gasteiger partial charge in [-0.05, 0) is 42.8 Å². The highest BCUT2D eigenvalue weighted by Gasteiger charge is 2.09. The summed E-state index contributed by atoms with van der Waals surface area (Å²) in [5.74, 6) is -0.211. The van der Waals surface area contributed by atoms with E-state index < -0.39 is 0 Å². The molecule has 0 aliphatic rings. The van der Waals surface area contributed by atoms with Crippen LogP contribution in [0.2, 0.25) is 5.15 Å². The minimum absolute atomic E-state index is 0.0243. The largest absolute Gasteiger partial charge is 0.395 e. The van der Waals surface area contributed by atoms with Crippen molar-refractivity contribution in [2.45, 2.75) is 13.0 Å². The maximum Gasteiger partial charge on any atom is 0.251 e. The van der Waals surface area contributed by atoms with Gasteiger partial charge in [-0.2, -0.15) is 0 Å². The molecule has 1 unspecified atom stereocenters. The minimum Gasteiger partial charge on any atom is -0.395 e. The Morgan fingerprint density at radius 1 is 1.36 bits per heavy atom. The number of nitrogens with one attached hydrogen (secondary N) is 2. The molecular weight excluding hydrogens is 302 g/mol. The van der Waals surface area contributed by atoms with E-state index in [4.69, 9.17) is 16.7 Å². The Hall–Kier alpha value is -2.11. The molecule has 1 amide bonds. The van der Waals surface area contributed by atoms with Crippen molar-refractivity contribution in [1.82, 2.24) is 10.3 Å². The third-order valence-electron chi connectivity index (χ3n) is 3.16. The number of anilines is 1. The smallest absolute Gasteiger partial charge is 0.251 e. The number of aliphatic hydroxyl groups excluding tert-OH is 1. The van der Waals surface area contributed by atoms with Crippen molar-refractivity contribution in [1.29, 1.82) is 0 Å². The molecule has 1 atom stereocenters. The van der Waals surface area contributed by atoms with Crippen LogP contribution in [0.25, 0.3) is 0 Å². The number of amides is 1. The first-order valence-electron chi connectivity index (χ1n) is 6.97. The van der Waals surface area contributed by atoms with E-state index in [0.717, 1.165) is 11.3 Å². The molecule has 0 aliphatic carbocycles. The van der Waals surface area contributed by atoms with E-state index in [1.165, 1.54) is 0 Å². The van der Waals surface area contributed by atoms with E-state index in [0.29, 0.717) is 10.7 Å². The molecule has 2 aromatic rings. The van der Waals surface area contributed by atoms with Crippen LogP contribution in [0.1, 0.15) is 28.9 Å². The summed E-state index contributed by atoms with van der Waals surface area (Å²) >= 11 is 5.89. The van der Waals surface area contributed by atoms with Crippen LogP contribution in [0.3, 0.4) is 0 Å². The van der Waals surface area contributed by atoms with Gasteiger partial charge in [0.05, 0.1) is 6.61 Å². The van der Waals surface area contributed by atoms with Gasteiger partial charge in [-0.25, -0.2) is 4.98 Å². The van der Waals surface area contributed by atoms with E-state index in [2.05, 4.69) is 15.6 Å². The van der Waals surface area contributed by atoms with Crippen molar-refractivity contribution in [2.24, 2.45) is 0 Å². The van der Waals surface area contributed by atoms with Crippen LogP contribution >= 0.6 is 11.6 Å². The van der Waals surface area contributed by atoms with Crippen molar-refractivity contribution >= 4 is 23.2 Å². The lowest BCUT2D eigenvalue weighted by Gasteiger charge is -2.16. The Morgan fingerprint density at radius 3 is 2.91 bits per heavy atom. The van der Waals surface area contributed by atoms with Gasteiger partial charge in [-0.3, -0.25) is 4.79 Å². The number of aliphatic hydroxyl groups is 1. The predicted molar refractivity (Wildman–Crippen MR) is 87.1 cm³/mol. The quantitative estimate of drug-likeness (QED) is 0.716. The van der Waals surface area contributed by atoms with Gasteiger partial charge in [0.25, 0.3) is 5.91 Å². The maximum atomic E-state index is 11.9. The number of aromatic nitrogens is 1. The number of rotatable bonds is 6. The Balaban J connectivity index is 2.08. The van der Waals surface area contributed by atoms with Crippen molar-refractivity contribution in [3.63, 3.8) is 0 Å². The molecule has 116 valence electrons. The SMILES string of the molecule is CC(Nc1cccc(C(=O)NCCO)c1)c1ccnc(Cl)c1. The van der Waals surface area contributed by atoms with Gasteiger partial charge >= 0.3 is 0 Å². The highest BCUT2D eigenvalue weighted by molar-refractivity contribution is 6.29. The monoisotopic (exact) mass is 319 g/mol. The van der Waals surface area contributed by atoms with E-state index in [1.54, 1.807) is 24.4 Å². The Morgan fingerprint density at radius 2 is 2.18 bits per heavy atom. The second kappa shape index (κ2) is 7.77. The Bertz CT molecular complexity index is 649. The average Bonchev–Trinajstić information content (AvgIpc) is 2.52. The number of hydrogen-bond donors (Lipinski definition) is 3. The van der Waals surface area contributed by atoms with Crippen molar-refractivity contribution in [3.8, 4) is 0 Å². The molecule has 0 saturated carbocycles. The lowest BCUT2D eigenvalue weighted by atomic mass is 10.1. The van der Waals surface area contributed by atoms with E-state index in [-0.39, 0.29) is 25.1 Å². The predicted octanol–water partition coefficient (Wildman–Crippen LogP) is 2.63. The molecule has 22 heavy (non-hydrogen) atoms. The summed E-state index contributed by atoms with van der Waals surface area (Å²) in [5, 5.41) is 15.1. The second-order valence-corrected chi connectivity index (χ2v) is 5.23. The van der Waals surface area contributed by atoms with Gasteiger partial charge in [-0.1, -0.05) is 17.7 Å². The van der Waals surface area contributed by atoms with Gasteiger partial charge < -0.3 is 15.7 Å². The van der Waals surface area contributed by atoms with Crippen LogP contribution in [0.5, 0.6) is 0 Å². The van der Waals surface area contributed by atoms with Crippen molar-refractivity contribution in [3.05, 3.63) is 58.9 Å². The molecule has 0 fully saturated rings. The van der Waals surface area contributed by atoms with Gasteiger partial charge in [0.2, 0.25) is 0 Å². The van der Waals surface area contributed by atoms with Crippen LogP contribution in [0, 0.1) is 0 Å². The number of carbonyl (C=O) groups excluding carboxylic acids is 1. The lowest BCUT2D eigenvalue weighted by Crippen LogP contribution is -2.26. The van der Waals surface area contributed by atoms with E-state index in [9.17, 15) is 4.79 Å². The first-order valence-corrected chi connectivity index (χ1v) is 7.35. The number of benzene rings is 1. The van der Waals surface area contributed by atoms with Crippen LogP contribution < -0.4 is 10.6 Å². The van der Waals surface area contributed by atoms with Gasteiger partial charge in [0.1, 0.15) is 5.15 Å². The molecule has 0 saturated heterocycles.